The van der Waals surface area contributed by atoms with Crippen LogP contribution in [0.3, 0.4) is 0 Å². The van der Waals surface area contributed by atoms with Crippen molar-refractivity contribution in [2.24, 2.45) is 0 Å². The number of aromatic nitrogens is 5. The minimum atomic E-state index is 0. The maximum atomic E-state index is 11.6. The van der Waals surface area contributed by atoms with E-state index >= 15 is 0 Å². The lowest BCUT2D eigenvalue weighted by Crippen LogP contribution is -3.00. The van der Waals surface area contributed by atoms with Gasteiger partial charge in [0, 0.05) is 17.9 Å². The van der Waals surface area contributed by atoms with Crippen LogP contribution in [0.1, 0.15) is 0 Å². The first-order valence-electron chi connectivity index (χ1n) is 5.15. The van der Waals surface area contributed by atoms with Crippen LogP contribution in [0.25, 0.3) is 0 Å². The average Bonchev–Trinajstić information content (AvgIpc) is 2.83. The van der Waals surface area contributed by atoms with Gasteiger partial charge in [0.1, 0.15) is 6.33 Å². The Bertz CT molecular complexity index is 464. The lowest BCUT2D eigenvalue weighted by molar-refractivity contribution is -0.683. The molecule has 0 amide bonds. The van der Waals surface area contributed by atoms with Gasteiger partial charge in [-0.3, -0.25) is 4.79 Å². The van der Waals surface area contributed by atoms with E-state index in [4.69, 9.17) is 0 Å². The number of pyridine rings is 1. The molecule has 0 saturated carbocycles. The standard InChI is InChI=1S/C10H12N5OS.BrH/c16-10(8-14-4-2-1-3-5-14)17-7-6-15-9-11-12-13-15;/h1-5,9H,6-8H2;1H/q+1;/p-1. The van der Waals surface area contributed by atoms with E-state index in [0.29, 0.717) is 18.8 Å². The number of halogens is 1. The number of hydrogen-bond donors (Lipinski definition) is 0. The van der Waals surface area contributed by atoms with Crippen molar-refractivity contribution in [1.29, 1.82) is 0 Å². The van der Waals surface area contributed by atoms with Crippen LogP contribution in [0, 0.1) is 0 Å². The zero-order valence-electron chi connectivity index (χ0n) is 9.52. The Hall–Kier alpha value is -1.28. The van der Waals surface area contributed by atoms with Crippen LogP contribution in [0.5, 0.6) is 0 Å². The smallest absolute Gasteiger partial charge is 0.253 e. The van der Waals surface area contributed by atoms with Crippen LogP contribution in [0.15, 0.2) is 36.9 Å². The molecule has 6 nitrogen and oxygen atoms in total. The Balaban J connectivity index is 0.00000162. The fourth-order valence-corrected chi connectivity index (χ4v) is 2.02. The maximum absolute atomic E-state index is 11.6. The van der Waals surface area contributed by atoms with Crippen molar-refractivity contribution in [1.82, 2.24) is 20.2 Å². The van der Waals surface area contributed by atoms with Crippen molar-refractivity contribution in [3.63, 3.8) is 0 Å². The number of hydrogen-bond acceptors (Lipinski definition) is 5. The summed E-state index contributed by atoms with van der Waals surface area (Å²) in [6, 6.07) is 5.73. The second kappa shape index (κ2) is 7.93. The van der Waals surface area contributed by atoms with E-state index in [2.05, 4.69) is 15.5 Å². The molecule has 0 radical (unpaired) electrons. The Morgan fingerprint density at radius 1 is 1.28 bits per heavy atom. The van der Waals surface area contributed by atoms with Gasteiger partial charge in [0.05, 0.1) is 6.54 Å². The molecule has 0 spiro atoms. The highest BCUT2D eigenvalue weighted by Crippen LogP contribution is 2.02. The number of tetrazole rings is 1. The van der Waals surface area contributed by atoms with Gasteiger partial charge < -0.3 is 17.0 Å². The number of carbonyl (C=O) groups is 1. The average molecular weight is 330 g/mol. The second-order valence-electron chi connectivity index (χ2n) is 3.34. The zero-order chi connectivity index (χ0) is 11.9. The summed E-state index contributed by atoms with van der Waals surface area (Å²) in [5, 5.41) is 10.9. The van der Waals surface area contributed by atoms with Crippen molar-refractivity contribution in [3.8, 4) is 0 Å². The molecule has 2 rings (SSSR count). The topological polar surface area (TPSA) is 64.5 Å². The van der Waals surface area contributed by atoms with E-state index in [1.807, 2.05) is 35.2 Å². The van der Waals surface area contributed by atoms with Crippen LogP contribution < -0.4 is 21.5 Å². The molecule has 8 heteroatoms. The first-order valence-corrected chi connectivity index (χ1v) is 6.13. The lowest BCUT2D eigenvalue weighted by atomic mass is 10.5. The SMILES string of the molecule is O=C(C[n+]1ccccc1)SCCn1cnnn1.[Br-]. The summed E-state index contributed by atoms with van der Waals surface area (Å²) in [6.07, 6.45) is 5.29. The molecule has 2 aromatic heterocycles. The molecule has 0 aliphatic heterocycles. The van der Waals surface area contributed by atoms with Gasteiger partial charge in [-0.15, -0.1) is 5.10 Å². The van der Waals surface area contributed by atoms with E-state index in [1.54, 1.807) is 4.68 Å². The largest absolute Gasteiger partial charge is 1.00 e. The van der Waals surface area contributed by atoms with Gasteiger partial charge in [0.15, 0.2) is 12.4 Å². The normalized spacial score (nSPS) is 9.78. The first kappa shape index (κ1) is 14.8. The summed E-state index contributed by atoms with van der Waals surface area (Å²) in [7, 11) is 0. The molecule has 0 aliphatic carbocycles. The number of carbonyl (C=O) groups excluding carboxylic acids is 1. The lowest BCUT2D eigenvalue weighted by Gasteiger charge is -1.98. The van der Waals surface area contributed by atoms with Gasteiger partial charge >= 0.3 is 0 Å². The molecule has 0 unspecified atom stereocenters. The van der Waals surface area contributed by atoms with Crippen LogP contribution in [0.2, 0.25) is 0 Å². The third-order valence-corrected chi connectivity index (χ3v) is 2.90. The van der Waals surface area contributed by atoms with Crippen LogP contribution in [-0.4, -0.2) is 31.1 Å². The van der Waals surface area contributed by atoms with Crippen LogP contribution in [-0.2, 0) is 17.9 Å². The van der Waals surface area contributed by atoms with Crippen molar-refractivity contribution in [2.45, 2.75) is 13.1 Å². The monoisotopic (exact) mass is 329 g/mol. The molecule has 0 N–H and O–H groups in total. The molecule has 18 heavy (non-hydrogen) atoms. The summed E-state index contributed by atoms with van der Waals surface area (Å²) in [6.45, 7) is 1.03. The van der Waals surface area contributed by atoms with Crippen molar-refractivity contribution < 1.29 is 26.3 Å². The van der Waals surface area contributed by atoms with E-state index in [0.717, 1.165) is 0 Å². The molecule has 0 bridgehead atoms. The predicted molar refractivity (Wildman–Crippen MR) is 61.9 cm³/mol. The molecule has 2 heterocycles. The second-order valence-corrected chi connectivity index (χ2v) is 4.49. The number of aryl methyl sites for hydroxylation is 1. The van der Waals surface area contributed by atoms with Gasteiger partial charge in [-0.2, -0.15) is 4.57 Å². The molecule has 0 fully saturated rings. The molecule has 2 aromatic rings. The van der Waals surface area contributed by atoms with Gasteiger partial charge in [-0.1, -0.05) is 17.8 Å². The summed E-state index contributed by atoms with van der Waals surface area (Å²) < 4.78 is 3.46. The third kappa shape index (κ3) is 4.92. The molecule has 0 saturated heterocycles. The summed E-state index contributed by atoms with van der Waals surface area (Å²) >= 11 is 1.29. The number of rotatable bonds is 5. The minimum Gasteiger partial charge on any atom is -1.00 e. The Kier molecular flexibility index (Phi) is 6.51. The van der Waals surface area contributed by atoms with E-state index in [9.17, 15) is 4.79 Å². The maximum Gasteiger partial charge on any atom is 0.253 e. The molecule has 0 aliphatic rings. The zero-order valence-corrected chi connectivity index (χ0v) is 11.9. The summed E-state index contributed by atoms with van der Waals surface area (Å²) in [5.74, 6) is 0.678. The van der Waals surface area contributed by atoms with Gasteiger partial charge in [0.25, 0.3) is 5.12 Å². The van der Waals surface area contributed by atoms with Crippen molar-refractivity contribution in [3.05, 3.63) is 36.9 Å². The highest BCUT2D eigenvalue weighted by atomic mass is 79.9. The van der Waals surface area contributed by atoms with Crippen molar-refractivity contribution in [2.75, 3.05) is 5.75 Å². The van der Waals surface area contributed by atoms with Gasteiger partial charge in [-0.25, -0.2) is 4.68 Å². The summed E-state index contributed by atoms with van der Waals surface area (Å²) in [5.41, 5.74) is 0. The highest BCUT2D eigenvalue weighted by Gasteiger charge is 2.09. The minimum absolute atomic E-state index is 0. The fourth-order valence-electron chi connectivity index (χ4n) is 1.27. The van der Waals surface area contributed by atoms with Gasteiger partial charge in [-0.05, 0) is 10.4 Å². The Labute approximate surface area is 119 Å². The van der Waals surface area contributed by atoms with E-state index in [-0.39, 0.29) is 22.1 Å². The molecule has 0 atom stereocenters. The fraction of sp³-hybridized carbons (Fsp3) is 0.300. The van der Waals surface area contributed by atoms with E-state index < -0.39 is 0 Å². The summed E-state index contributed by atoms with van der Waals surface area (Å²) in [4.78, 5) is 11.6. The highest BCUT2D eigenvalue weighted by molar-refractivity contribution is 8.13. The number of nitrogens with zero attached hydrogens (tertiary/aromatic N) is 5. The molecular formula is C10H12BrN5OS. The predicted octanol–water partition coefficient (Wildman–Crippen LogP) is -3.08. The quantitative estimate of drug-likeness (QED) is 0.544. The van der Waals surface area contributed by atoms with Crippen molar-refractivity contribution >= 4 is 16.9 Å². The molecular weight excluding hydrogens is 318 g/mol. The van der Waals surface area contributed by atoms with Crippen LogP contribution in [0.4, 0.5) is 0 Å². The Morgan fingerprint density at radius 2 is 2.06 bits per heavy atom. The Morgan fingerprint density at radius 3 is 2.72 bits per heavy atom. The third-order valence-electron chi connectivity index (χ3n) is 2.06. The number of thioether (sulfide) groups is 1. The van der Waals surface area contributed by atoms with Gasteiger partial charge in [0.2, 0.25) is 6.54 Å². The molecule has 0 aromatic carbocycles. The first-order chi connectivity index (χ1) is 8.34. The van der Waals surface area contributed by atoms with Crippen LogP contribution >= 0.6 is 11.8 Å². The van der Waals surface area contributed by atoms with E-state index in [1.165, 1.54) is 18.1 Å². The molecule has 96 valence electrons.